The van der Waals surface area contributed by atoms with Gasteiger partial charge in [-0.15, -0.1) is 0 Å². The Labute approximate surface area is 128 Å². The van der Waals surface area contributed by atoms with E-state index in [1.165, 1.54) is 0 Å². The molecule has 0 fully saturated rings. The van der Waals surface area contributed by atoms with E-state index < -0.39 is 10.8 Å². The molecule has 0 aliphatic carbocycles. The molecule has 1 aromatic rings. The first kappa shape index (κ1) is 17.5. The van der Waals surface area contributed by atoms with Crippen LogP contribution >= 0.6 is 0 Å². The third-order valence-electron chi connectivity index (χ3n) is 4.93. The zero-order chi connectivity index (χ0) is 16.3. The predicted octanol–water partition coefficient (Wildman–Crippen LogP) is 4.20. The number of rotatable bonds is 6. The summed E-state index contributed by atoms with van der Waals surface area (Å²) in [5, 5.41) is 0. The lowest BCUT2D eigenvalue weighted by Gasteiger charge is -2.45. The van der Waals surface area contributed by atoms with Crippen LogP contribution in [0.5, 0.6) is 5.75 Å². The highest BCUT2D eigenvalue weighted by Crippen LogP contribution is 2.50. The van der Waals surface area contributed by atoms with Crippen molar-refractivity contribution < 1.29 is 14.3 Å². The van der Waals surface area contributed by atoms with Gasteiger partial charge in [-0.3, -0.25) is 4.79 Å². The van der Waals surface area contributed by atoms with Gasteiger partial charge in [0, 0.05) is 11.0 Å². The summed E-state index contributed by atoms with van der Waals surface area (Å²) in [7, 11) is 1.66. The van der Waals surface area contributed by atoms with E-state index in [4.69, 9.17) is 9.47 Å². The molecule has 0 bridgehead atoms. The number of para-hydroxylation sites is 1. The molecule has 0 amide bonds. The molecule has 0 heterocycles. The second kappa shape index (κ2) is 6.50. The average Bonchev–Trinajstić information content (AvgIpc) is 2.45. The summed E-state index contributed by atoms with van der Waals surface area (Å²) in [6.07, 6.45) is 0. The molecule has 0 aliphatic rings. The quantitative estimate of drug-likeness (QED) is 0.737. The van der Waals surface area contributed by atoms with E-state index in [-0.39, 0.29) is 11.9 Å². The highest BCUT2D eigenvalue weighted by Gasteiger charge is 2.52. The summed E-state index contributed by atoms with van der Waals surface area (Å²) in [5.41, 5.74) is -0.0331. The molecule has 0 radical (unpaired) electrons. The van der Waals surface area contributed by atoms with Crippen LogP contribution in [0.4, 0.5) is 0 Å². The molecule has 1 atom stereocenters. The van der Waals surface area contributed by atoms with Gasteiger partial charge in [0.25, 0.3) is 0 Å². The van der Waals surface area contributed by atoms with Gasteiger partial charge in [0.1, 0.15) is 5.75 Å². The molecule has 1 aromatic carbocycles. The van der Waals surface area contributed by atoms with Gasteiger partial charge in [0.05, 0.1) is 19.1 Å². The Morgan fingerprint density at radius 2 is 1.76 bits per heavy atom. The van der Waals surface area contributed by atoms with E-state index in [0.717, 1.165) is 11.3 Å². The summed E-state index contributed by atoms with van der Waals surface area (Å²) >= 11 is 0. The van der Waals surface area contributed by atoms with Gasteiger partial charge in [0.15, 0.2) is 0 Å². The van der Waals surface area contributed by atoms with Crippen molar-refractivity contribution >= 4 is 5.97 Å². The Bertz CT molecular complexity index is 491. The fraction of sp³-hybridized carbons (Fsp3) is 0.611. The third-order valence-corrected chi connectivity index (χ3v) is 4.93. The number of benzene rings is 1. The number of methoxy groups -OCH3 is 1. The maximum Gasteiger partial charge on any atom is 0.312 e. The minimum atomic E-state index is -0.641. The van der Waals surface area contributed by atoms with E-state index in [9.17, 15) is 4.79 Å². The van der Waals surface area contributed by atoms with Gasteiger partial charge in [-0.25, -0.2) is 0 Å². The first-order valence-electron chi connectivity index (χ1n) is 7.54. The van der Waals surface area contributed by atoms with Crippen LogP contribution in [-0.4, -0.2) is 19.7 Å². The van der Waals surface area contributed by atoms with Gasteiger partial charge in [-0.1, -0.05) is 45.9 Å². The van der Waals surface area contributed by atoms with E-state index in [1.54, 1.807) is 7.11 Å². The molecule has 21 heavy (non-hydrogen) atoms. The first-order valence-corrected chi connectivity index (χ1v) is 7.54. The average molecular weight is 292 g/mol. The molecule has 118 valence electrons. The standard InChI is InChI=1S/C18H28O3/c1-8-21-16(19)18(6,13(2)3)17(4,5)14-11-9-10-12-15(14)20-7/h9-13H,8H2,1-7H3. The lowest BCUT2D eigenvalue weighted by Crippen LogP contribution is -2.50. The summed E-state index contributed by atoms with van der Waals surface area (Å²) < 4.78 is 10.9. The lowest BCUT2D eigenvalue weighted by molar-refractivity contribution is -0.162. The van der Waals surface area contributed by atoms with Gasteiger partial charge >= 0.3 is 5.97 Å². The van der Waals surface area contributed by atoms with Crippen molar-refractivity contribution in [3.63, 3.8) is 0 Å². The minimum absolute atomic E-state index is 0.136. The second-order valence-corrected chi connectivity index (χ2v) is 6.40. The summed E-state index contributed by atoms with van der Waals surface area (Å²) in [6.45, 7) is 12.5. The molecule has 0 saturated heterocycles. The molecule has 0 N–H and O–H groups in total. The number of esters is 1. The molecular weight excluding hydrogens is 264 g/mol. The number of hydrogen-bond donors (Lipinski definition) is 0. The summed E-state index contributed by atoms with van der Waals surface area (Å²) in [4.78, 5) is 12.7. The Kier molecular flexibility index (Phi) is 5.43. The molecule has 0 aromatic heterocycles. The van der Waals surface area contributed by atoms with Gasteiger partial charge in [-0.2, -0.15) is 0 Å². The molecule has 1 unspecified atom stereocenters. The first-order chi connectivity index (χ1) is 9.73. The fourth-order valence-corrected chi connectivity index (χ4v) is 2.93. The van der Waals surface area contributed by atoms with Gasteiger partial charge in [-0.05, 0) is 25.8 Å². The smallest absolute Gasteiger partial charge is 0.312 e. The molecule has 0 aliphatic heterocycles. The van der Waals surface area contributed by atoms with Crippen LogP contribution in [-0.2, 0) is 14.9 Å². The van der Waals surface area contributed by atoms with Crippen LogP contribution in [0.2, 0.25) is 0 Å². The summed E-state index contributed by atoms with van der Waals surface area (Å²) in [5.74, 6) is 0.783. The fourth-order valence-electron chi connectivity index (χ4n) is 2.93. The normalized spacial score (nSPS) is 14.7. The van der Waals surface area contributed by atoms with Gasteiger partial charge < -0.3 is 9.47 Å². The van der Waals surface area contributed by atoms with Crippen molar-refractivity contribution in [3.8, 4) is 5.75 Å². The van der Waals surface area contributed by atoms with Crippen molar-refractivity contribution in [3.05, 3.63) is 29.8 Å². The molecule has 0 spiro atoms. The zero-order valence-corrected chi connectivity index (χ0v) is 14.3. The van der Waals surface area contributed by atoms with Crippen molar-refractivity contribution in [1.29, 1.82) is 0 Å². The minimum Gasteiger partial charge on any atom is -0.496 e. The molecule has 1 rings (SSSR count). The van der Waals surface area contributed by atoms with Gasteiger partial charge in [0.2, 0.25) is 0 Å². The van der Waals surface area contributed by atoms with Crippen LogP contribution in [0.1, 0.15) is 47.1 Å². The van der Waals surface area contributed by atoms with Crippen LogP contribution in [0.15, 0.2) is 24.3 Å². The monoisotopic (exact) mass is 292 g/mol. The molecule has 0 saturated carbocycles. The highest BCUT2D eigenvalue weighted by molar-refractivity contribution is 5.79. The topological polar surface area (TPSA) is 35.5 Å². The maximum absolute atomic E-state index is 12.7. The van der Waals surface area contributed by atoms with E-state index in [1.807, 2.05) is 38.1 Å². The van der Waals surface area contributed by atoms with Crippen molar-refractivity contribution in [2.45, 2.75) is 47.0 Å². The number of ether oxygens (including phenoxy) is 2. The molecule has 3 heteroatoms. The number of hydrogen-bond acceptors (Lipinski definition) is 3. The Morgan fingerprint density at radius 1 is 1.19 bits per heavy atom. The van der Waals surface area contributed by atoms with E-state index in [2.05, 4.69) is 27.7 Å². The lowest BCUT2D eigenvalue weighted by atomic mass is 9.58. The Morgan fingerprint density at radius 3 is 2.24 bits per heavy atom. The largest absolute Gasteiger partial charge is 0.496 e. The number of carbonyl (C=O) groups is 1. The van der Waals surface area contributed by atoms with Crippen LogP contribution in [0, 0.1) is 11.3 Å². The maximum atomic E-state index is 12.7. The number of carbonyl (C=O) groups excluding carboxylic acids is 1. The second-order valence-electron chi connectivity index (χ2n) is 6.40. The SMILES string of the molecule is CCOC(=O)C(C)(C(C)C)C(C)(C)c1ccccc1OC. The molecule has 3 nitrogen and oxygen atoms in total. The van der Waals surface area contributed by atoms with Crippen molar-refractivity contribution in [2.24, 2.45) is 11.3 Å². The van der Waals surface area contributed by atoms with E-state index >= 15 is 0 Å². The predicted molar refractivity (Wildman–Crippen MR) is 85.6 cm³/mol. The van der Waals surface area contributed by atoms with Crippen LogP contribution in [0.25, 0.3) is 0 Å². The summed E-state index contributed by atoms with van der Waals surface area (Å²) in [6, 6.07) is 7.88. The zero-order valence-electron chi connectivity index (χ0n) is 14.3. The van der Waals surface area contributed by atoms with Crippen LogP contribution in [0.3, 0.4) is 0 Å². The van der Waals surface area contributed by atoms with E-state index in [0.29, 0.717) is 6.61 Å². The highest BCUT2D eigenvalue weighted by atomic mass is 16.5. The Balaban J connectivity index is 3.44. The van der Waals surface area contributed by atoms with Crippen LogP contribution < -0.4 is 4.74 Å². The van der Waals surface area contributed by atoms with Crippen molar-refractivity contribution in [2.75, 3.05) is 13.7 Å². The Hall–Kier alpha value is -1.51. The van der Waals surface area contributed by atoms with Crippen molar-refractivity contribution in [1.82, 2.24) is 0 Å². The molecular formula is C18H28O3. The third kappa shape index (κ3) is 2.92.